The maximum absolute atomic E-state index is 12.2. The van der Waals surface area contributed by atoms with Crippen molar-refractivity contribution in [1.29, 1.82) is 0 Å². The molecule has 0 saturated heterocycles. The van der Waals surface area contributed by atoms with Gasteiger partial charge in [0.1, 0.15) is 5.76 Å². The smallest absolute Gasteiger partial charge is 0.164 e. The van der Waals surface area contributed by atoms with Gasteiger partial charge in [-0.25, -0.2) is 0 Å². The van der Waals surface area contributed by atoms with E-state index >= 15 is 0 Å². The summed E-state index contributed by atoms with van der Waals surface area (Å²) in [5.41, 5.74) is 10.8. The molecule has 0 aliphatic carbocycles. The Bertz CT molecular complexity index is 4510. The second-order valence-electron chi connectivity index (χ2n) is 30.7. The molecule has 89 heavy (non-hydrogen) atoms. The van der Waals surface area contributed by atoms with Crippen LogP contribution in [0.3, 0.4) is 0 Å². The van der Waals surface area contributed by atoms with E-state index < -0.39 is 0 Å². The minimum absolute atomic E-state index is 0. The van der Waals surface area contributed by atoms with E-state index in [4.69, 9.17) is 12.7 Å². The minimum atomic E-state index is -0.337. The molecule has 10 aromatic rings. The quantitative estimate of drug-likeness (QED) is 0.0603. The first-order valence-electron chi connectivity index (χ1n) is 33.1. The topological polar surface area (TPSA) is 63.1 Å². The van der Waals surface area contributed by atoms with Crippen LogP contribution in [0.2, 0.25) is 0 Å². The number of aromatic nitrogens is 2. The summed E-state index contributed by atoms with van der Waals surface area (Å²) in [6.45, 7) is 41.8. The van der Waals surface area contributed by atoms with Crippen molar-refractivity contribution < 1.29 is 32.7 Å². The molecule has 0 unspecified atom stereocenters. The fourth-order valence-electron chi connectivity index (χ4n) is 12.8. The first-order chi connectivity index (χ1) is 42.1. The molecule has 7 heteroatoms. The molecular formula is C82H94IrN2O2S2-2. The molecule has 1 radical (unpaired) electrons. The van der Waals surface area contributed by atoms with E-state index in [9.17, 15) is 9.90 Å². The van der Waals surface area contributed by atoms with Gasteiger partial charge in [0.25, 0.3) is 0 Å². The van der Waals surface area contributed by atoms with Gasteiger partial charge in [-0.2, -0.15) is 0 Å². The number of hydrogen-bond acceptors (Lipinski definition) is 6. The van der Waals surface area contributed by atoms with Gasteiger partial charge in [-0.05, 0) is 168 Å². The summed E-state index contributed by atoms with van der Waals surface area (Å²) in [5.74, 6) is 0.286. The van der Waals surface area contributed by atoms with Gasteiger partial charge in [0, 0.05) is 70.5 Å². The van der Waals surface area contributed by atoms with E-state index in [1.165, 1.54) is 85.8 Å². The molecule has 4 nitrogen and oxygen atoms in total. The molecule has 12 rings (SSSR count). The van der Waals surface area contributed by atoms with Gasteiger partial charge in [-0.1, -0.05) is 230 Å². The van der Waals surface area contributed by atoms with Crippen LogP contribution in [-0.2, 0) is 50.6 Å². The fourth-order valence-corrected chi connectivity index (χ4v) is 15.3. The average molecular weight is 1400 g/mol. The molecule has 0 saturated carbocycles. The van der Waals surface area contributed by atoms with Crippen LogP contribution in [0, 0.1) is 51.5 Å². The molecule has 0 fully saturated rings. The SMILES string of the molecule is CCC(C)(CC)C(=O)/C=C(\O)C(C)(CC)CC.[2H]c1cc2c3c(cc4cc(CC(C)(C)C)ccc42)Sc2c([c-]c4cc(C)ccc4c2CC(C)(C)C)-c3n1.[2H]c1cc2c3c(cc4cc(CC(C)(C)C)ccc42)Sc2c([c-]c4ccccc4c2CC(C)(C)C)-c3n1.[Ir]. The molecule has 0 amide bonds. The Hall–Kier alpha value is -5.82. The van der Waals surface area contributed by atoms with Gasteiger partial charge in [0.15, 0.2) is 5.78 Å². The second-order valence-corrected chi connectivity index (χ2v) is 32.8. The molecule has 0 atom stereocenters. The minimum Gasteiger partial charge on any atom is -0.512 e. The number of hydrogen-bond donors (Lipinski definition) is 1. The molecule has 2 aromatic heterocycles. The monoisotopic (exact) mass is 1400 g/mol. The van der Waals surface area contributed by atoms with Crippen LogP contribution in [0.5, 0.6) is 0 Å². The van der Waals surface area contributed by atoms with Crippen molar-refractivity contribution in [2.75, 3.05) is 0 Å². The Kier molecular flexibility index (Phi) is 18.7. The molecule has 2 aliphatic rings. The zero-order valence-electron chi connectivity index (χ0n) is 58.4. The molecule has 467 valence electrons. The summed E-state index contributed by atoms with van der Waals surface area (Å²) >= 11 is 3.73. The Balaban J connectivity index is 0.000000172. The number of aryl methyl sites for hydroxylation is 1. The number of carbonyl (C=O) groups is 1. The van der Waals surface area contributed by atoms with Crippen molar-refractivity contribution in [3.63, 3.8) is 0 Å². The summed E-state index contributed by atoms with van der Waals surface area (Å²) in [4.78, 5) is 26.8. The number of aliphatic hydroxyl groups excluding tert-OH is 1. The van der Waals surface area contributed by atoms with Crippen molar-refractivity contribution in [2.45, 2.75) is 202 Å². The maximum atomic E-state index is 12.2. The molecule has 8 aromatic carbocycles. The van der Waals surface area contributed by atoms with E-state index in [0.717, 1.165) is 106 Å². The van der Waals surface area contributed by atoms with Crippen molar-refractivity contribution in [1.82, 2.24) is 9.97 Å². The van der Waals surface area contributed by atoms with Crippen LogP contribution in [0.25, 0.3) is 87.1 Å². The largest absolute Gasteiger partial charge is 0.512 e. The van der Waals surface area contributed by atoms with Gasteiger partial charge in [-0.3, -0.25) is 14.8 Å². The van der Waals surface area contributed by atoms with Crippen LogP contribution in [-0.4, -0.2) is 20.9 Å². The van der Waals surface area contributed by atoms with E-state index in [2.05, 4.69) is 193 Å². The van der Waals surface area contributed by atoms with Crippen molar-refractivity contribution in [2.24, 2.45) is 32.5 Å². The summed E-state index contributed by atoms with van der Waals surface area (Å²) in [7, 11) is 0. The van der Waals surface area contributed by atoms with Gasteiger partial charge >= 0.3 is 0 Å². The first-order valence-corrected chi connectivity index (χ1v) is 33.8. The summed E-state index contributed by atoms with van der Waals surface area (Å²) in [5, 5.41) is 24.4. The van der Waals surface area contributed by atoms with Crippen LogP contribution in [0.1, 0.15) is 181 Å². The maximum Gasteiger partial charge on any atom is 0.164 e. The van der Waals surface area contributed by atoms with Crippen molar-refractivity contribution in [3.8, 4) is 22.5 Å². The third kappa shape index (κ3) is 14.3. The number of fused-ring (bicyclic) bond motifs is 10. The van der Waals surface area contributed by atoms with Gasteiger partial charge < -0.3 is 5.11 Å². The number of allylic oxidation sites excluding steroid dienone is 2. The number of carbonyl (C=O) groups excluding carboxylic acids is 1. The van der Waals surface area contributed by atoms with Crippen LogP contribution in [0.4, 0.5) is 0 Å². The third-order valence-corrected chi connectivity index (χ3v) is 20.7. The van der Waals surface area contributed by atoms with E-state index in [0.29, 0.717) is 12.3 Å². The fraction of sp³-hybridized carbons (Fsp3) is 0.402. The van der Waals surface area contributed by atoms with E-state index in [1.54, 1.807) is 0 Å². The second kappa shape index (κ2) is 25.7. The van der Waals surface area contributed by atoms with E-state index in [-0.39, 0.29) is 64.1 Å². The van der Waals surface area contributed by atoms with Crippen LogP contribution >= 0.6 is 23.5 Å². The molecular weight excluding hydrogens is 1300 g/mol. The average Bonchev–Trinajstić information content (AvgIpc) is 0.725. The third-order valence-electron chi connectivity index (χ3n) is 18.3. The summed E-state index contributed by atoms with van der Waals surface area (Å²) in [6, 6.07) is 45.1. The Morgan fingerprint density at radius 3 is 1.36 bits per heavy atom. The van der Waals surface area contributed by atoms with Gasteiger partial charge in [-0.15, -0.1) is 58.6 Å². The number of rotatable bonds is 11. The molecule has 1 N–H and O–H groups in total. The predicted molar refractivity (Wildman–Crippen MR) is 381 cm³/mol. The number of nitrogens with zero attached hydrogens (tertiary/aromatic N) is 2. The number of pyridine rings is 2. The van der Waals surface area contributed by atoms with Crippen LogP contribution in [0.15, 0.2) is 147 Å². The van der Waals surface area contributed by atoms with Crippen molar-refractivity contribution in [3.05, 3.63) is 167 Å². The molecule has 2 aliphatic heterocycles. The Labute approximate surface area is 557 Å². The normalized spacial score (nSPS) is 13.8. The predicted octanol–water partition coefficient (Wildman–Crippen LogP) is 24.3. The number of aliphatic hydroxyl groups is 1. The Morgan fingerprint density at radius 2 is 0.921 bits per heavy atom. The number of benzene rings is 8. The van der Waals surface area contributed by atoms with Gasteiger partial charge in [0.2, 0.25) is 0 Å². The van der Waals surface area contributed by atoms with Crippen LogP contribution < -0.4 is 0 Å². The standard InChI is InChI=1S/C34H34NS.C33H32NS.C15H28O2.Ir/c1-20-8-10-25-22(14-20)16-27-31-30-26(12-13-35-31)24-11-9-21(18-33(2,3)4)15-23(24)17-29(30)36-32(27)28(25)19-34(5,6)7;1-32(2,3)18-20-11-12-24-22(15-20)17-28-29-25(24)13-14-34-30(29)26-16-21-9-7-8-10-23(21)27(31(26)35-28)19-33(4,5)6;1-7-14(5,8-2)12(16)11-13(17)15(6,9-3)10-4;/h8-15,17H,18-19H2,1-7H3;7-15,17H,18-19H2,1-6H3;11,16H,7-10H2,1-6H3;/q2*-1;;/b;;12-11-;/i13D;14D;;. The Morgan fingerprint density at radius 1 is 0.506 bits per heavy atom. The molecule has 0 spiro atoms. The van der Waals surface area contributed by atoms with Gasteiger partial charge in [0.05, 0.1) is 2.74 Å². The molecule has 4 heterocycles. The zero-order valence-corrected chi connectivity index (χ0v) is 60.5. The van der Waals surface area contributed by atoms with Crippen molar-refractivity contribution >= 4 is 93.9 Å². The first kappa shape index (κ1) is 64.7. The zero-order chi connectivity index (χ0) is 65.4. The number of ketones is 1. The molecule has 0 bridgehead atoms. The van der Waals surface area contributed by atoms with E-state index in [1.807, 2.05) is 77.2 Å². The summed E-state index contributed by atoms with van der Waals surface area (Å²) < 4.78 is 17.3. The summed E-state index contributed by atoms with van der Waals surface area (Å²) in [6.07, 6.45) is 9.39.